The fourth-order valence-electron chi connectivity index (χ4n) is 13.5. The maximum absolute atomic E-state index is 16.1. The van der Waals surface area contributed by atoms with Gasteiger partial charge in [-0.3, -0.25) is 0 Å². The second-order valence-electron chi connectivity index (χ2n) is 25.7. The highest BCUT2D eigenvalue weighted by Crippen LogP contribution is 2.35. The standard InChI is InChI=1S/C32H12BF16.C26H7BF15.C16H18IO2.C12H10I/c1-5-9-17(34)25(42)13(26(43)18(9)35)33(14-27(44)19(36)10(6-2)20(37)28(14)45,15-29(46)21(38)11(7-3)22(39)30(15)47)16-31(48)23(40)12(8-4)24(41)32(16)49;1-2-7-3-5-8(6-4-7)27(9-12(28)18(34)24(40)19(35)13(9)29,10-14(30)20(36)25(41)21(37)15(10)31)11-16(32)22(38)26(42)23(39)17(11)33;1-11-5-7-13(8-6-11)17-16-12(2)9-14(18-3)10-15(16)19-4;1-3-7-11(8-4-1)13-12-9-5-2-6-10-12/h5-8H,1-4H2;2-6H,1H2;5-10H,1-4H3;1-10H/q2*-1;2*+1. The molecule has 0 saturated carbocycles. The Morgan fingerprint density at radius 2 is 0.496 bits per heavy atom. The van der Waals surface area contributed by atoms with E-state index in [-0.39, 0.29) is 72.3 Å². The van der Waals surface area contributed by atoms with Crippen molar-refractivity contribution in [3.05, 3.63) is 388 Å². The van der Waals surface area contributed by atoms with Crippen LogP contribution in [0.5, 0.6) is 11.5 Å². The minimum Gasteiger partial charge on any atom is -0.497 e. The van der Waals surface area contributed by atoms with Crippen molar-refractivity contribution in [2.45, 2.75) is 13.8 Å². The van der Waals surface area contributed by atoms with Crippen LogP contribution in [-0.2, 0) is 0 Å². The van der Waals surface area contributed by atoms with Crippen LogP contribution in [0, 0.1) is 208 Å². The molecular formula is C86H47B2F31I2O2. The zero-order valence-electron chi connectivity index (χ0n) is 62.4. The van der Waals surface area contributed by atoms with E-state index in [2.05, 4.69) is 138 Å². The summed E-state index contributed by atoms with van der Waals surface area (Å²) in [5.41, 5.74) is -26.7. The monoisotopic (exact) mass is 1980 g/mol. The molecule has 640 valence electrons. The molecule has 0 bridgehead atoms. The maximum Gasteiger partial charge on any atom is 0.362 e. The number of hydrogen-bond donors (Lipinski definition) is 0. The minimum atomic E-state index is -6.71. The third-order valence-corrected chi connectivity index (χ3v) is 25.1. The Bertz CT molecular complexity index is 5540. The van der Waals surface area contributed by atoms with Gasteiger partial charge in [0.1, 0.15) is 99.5 Å². The summed E-state index contributed by atoms with van der Waals surface area (Å²) < 4.78 is 490. The van der Waals surface area contributed by atoms with Gasteiger partial charge in [-0.05, 0) is 61.9 Å². The molecule has 12 aromatic rings. The van der Waals surface area contributed by atoms with Crippen molar-refractivity contribution >= 4 is 86.4 Å². The van der Waals surface area contributed by atoms with Gasteiger partial charge in [0.25, 0.3) is 0 Å². The molecule has 0 heterocycles. The molecule has 2 nitrogen and oxygen atoms in total. The lowest BCUT2D eigenvalue weighted by Crippen LogP contribution is -3.61. The zero-order chi connectivity index (χ0) is 91.5. The van der Waals surface area contributed by atoms with Crippen molar-refractivity contribution < 1.29 is 188 Å². The SMILES string of the molecule is C=Cc1c(F)c(F)c([B-](c2c(F)c(F)c(C=C)c(F)c2F)(c2c(F)c(F)c(C=C)c(F)c2F)c2c(F)c(F)c(C=C)c(F)c2F)c(F)c1F.C=Cc1ccc([B-](c2c(F)c(F)c(F)c(F)c2F)(c2c(F)c(F)c(F)c(F)c2F)c2c(F)c(F)c(F)c(F)c2F)cc1.COc1cc(C)c([I+]c2ccc(C)cc2)c(OC)c1.c1ccc([I+]c2ccccc2)cc1. The summed E-state index contributed by atoms with van der Waals surface area (Å²) in [5, 5.41) is 0. The normalized spacial score (nSPS) is 11.3. The quantitative estimate of drug-likeness (QED) is 0.0264. The van der Waals surface area contributed by atoms with Gasteiger partial charge in [-0.1, -0.05) is 142 Å². The molecule has 0 N–H and O–H groups in total. The van der Waals surface area contributed by atoms with Crippen molar-refractivity contribution in [3.8, 4) is 11.5 Å². The molecule has 123 heavy (non-hydrogen) atoms. The molecular weight excluding hydrogens is 1930 g/mol. The number of methoxy groups -OCH3 is 2. The van der Waals surface area contributed by atoms with Crippen LogP contribution in [0.3, 0.4) is 0 Å². The van der Waals surface area contributed by atoms with Crippen LogP contribution in [0.4, 0.5) is 136 Å². The van der Waals surface area contributed by atoms with Gasteiger partial charge in [0.15, 0.2) is 115 Å². The molecule has 0 atom stereocenters. The lowest BCUT2D eigenvalue weighted by molar-refractivity contribution is -0.598. The first-order valence-electron chi connectivity index (χ1n) is 34.3. The van der Waals surface area contributed by atoms with Gasteiger partial charge in [0, 0.05) is 11.6 Å². The van der Waals surface area contributed by atoms with E-state index in [0.717, 1.165) is 29.7 Å². The average Bonchev–Trinajstić information content (AvgIpc) is 0.686. The summed E-state index contributed by atoms with van der Waals surface area (Å²) in [6.07, 6.45) is -11.4. The van der Waals surface area contributed by atoms with E-state index in [0.29, 0.717) is 12.1 Å². The van der Waals surface area contributed by atoms with Crippen molar-refractivity contribution in [2.24, 2.45) is 0 Å². The number of hydrogen-bond acceptors (Lipinski definition) is 2. The van der Waals surface area contributed by atoms with Gasteiger partial charge < -0.3 is 9.47 Å². The third-order valence-electron chi connectivity index (χ3n) is 19.1. The van der Waals surface area contributed by atoms with E-state index in [9.17, 15) is 39.5 Å². The Hall–Kier alpha value is -11.6. The lowest BCUT2D eigenvalue weighted by atomic mass is 9.12. The molecule has 0 unspecified atom stereocenters. The minimum absolute atomic E-state index is 0.0213. The van der Waals surface area contributed by atoms with E-state index in [1.54, 1.807) is 14.2 Å². The summed E-state index contributed by atoms with van der Waals surface area (Å²) >= 11 is -0.204. The molecule has 0 aliphatic carbocycles. The molecule has 37 heteroatoms. The molecule has 12 aromatic carbocycles. The summed E-state index contributed by atoms with van der Waals surface area (Å²) in [6, 6.07) is 36.5. The Kier molecular flexibility index (Phi) is 29.7. The summed E-state index contributed by atoms with van der Waals surface area (Å²) in [7, 11) is 3.40. The van der Waals surface area contributed by atoms with Crippen molar-refractivity contribution in [3.63, 3.8) is 0 Å². The second kappa shape index (κ2) is 38.4. The molecule has 12 rings (SSSR count). The summed E-state index contributed by atoms with van der Waals surface area (Å²) in [6.45, 7) is 18.8. The Morgan fingerprint density at radius 1 is 0.252 bits per heavy atom. The van der Waals surface area contributed by atoms with Crippen LogP contribution in [-0.4, -0.2) is 26.5 Å². The number of aryl methyl sites for hydroxylation is 2. The molecule has 0 aromatic heterocycles. The van der Waals surface area contributed by atoms with Crippen molar-refractivity contribution in [1.29, 1.82) is 0 Å². The first-order valence-corrected chi connectivity index (χ1v) is 38.6. The number of benzene rings is 12. The van der Waals surface area contributed by atoms with Gasteiger partial charge in [-0.15, -0.1) is 38.2 Å². The maximum atomic E-state index is 16.1. The molecule has 0 aliphatic rings. The van der Waals surface area contributed by atoms with E-state index in [4.69, 9.17) is 9.47 Å². The number of halogens is 33. The van der Waals surface area contributed by atoms with Crippen LogP contribution >= 0.6 is 0 Å². The fourth-order valence-corrected chi connectivity index (χ4v) is 18.3. The Balaban J connectivity index is 0.000000207. The van der Waals surface area contributed by atoms with Crippen LogP contribution < -0.4 is 95.6 Å². The number of rotatable bonds is 19. The highest BCUT2D eigenvalue weighted by molar-refractivity contribution is 7.21. The third kappa shape index (κ3) is 16.7. The topological polar surface area (TPSA) is 18.5 Å². The molecule has 0 saturated heterocycles. The van der Waals surface area contributed by atoms with E-state index >= 15 is 96.6 Å². The van der Waals surface area contributed by atoms with E-state index in [1.165, 1.54) is 25.4 Å². The van der Waals surface area contributed by atoms with E-state index in [1.807, 2.05) is 6.07 Å². The predicted molar refractivity (Wildman–Crippen MR) is 392 cm³/mol. The van der Waals surface area contributed by atoms with Crippen molar-refractivity contribution in [2.75, 3.05) is 14.2 Å². The van der Waals surface area contributed by atoms with Crippen LogP contribution in [0.1, 0.15) is 38.9 Å². The van der Waals surface area contributed by atoms with Gasteiger partial charge in [-0.25, -0.2) is 136 Å². The smallest absolute Gasteiger partial charge is 0.362 e. The second-order valence-corrected chi connectivity index (χ2v) is 31.6. The van der Waals surface area contributed by atoms with Crippen LogP contribution in [0.15, 0.2) is 154 Å². The molecule has 0 amide bonds. The van der Waals surface area contributed by atoms with Gasteiger partial charge in [0.05, 0.1) is 36.5 Å². The summed E-state index contributed by atoms with van der Waals surface area (Å²) in [4.78, 5) is 0. The van der Waals surface area contributed by atoms with E-state index < -0.39 is 259 Å². The van der Waals surface area contributed by atoms with Crippen molar-refractivity contribution in [1.82, 2.24) is 0 Å². The molecule has 0 radical (unpaired) electrons. The first kappa shape index (κ1) is 95.2. The predicted octanol–water partition coefficient (Wildman–Crippen LogP) is 13.9. The Labute approximate surface area is 697 Å². The molecule has 0 aliphatic heterocycles. The van der Waals surface area contributed by atoms with Crippen LogP contribution in [0.2, 0.25) is 0 Å². The zero-order valence-corrected chi connectivity index (χ0v) is 66.7. The molecule has 0 fully saturated rings. The Morgan fingerprint density at radius 3 is 0.740 bits per heavy atom. The summed E-state index contributed by atoms with van der Waals surface area (Å²) in [5.74, 6) is -91.3. The van der Waals surface area contributed by atoms with Gasteiger partial charge >= 0.3 is 42.4 Å². The first-order chi connectivity index (χ1) is 58.0. The van der Waals surface area contributed by atoms with Gasteiger partial charge in [0.2, 0.25) is 3.57 Å². The highest BCUT2D eigenvalue weighted by Gasteiger charge is 2.53. The largest absolute Gasteiger partial charge is 0.497 e. The number of ether oxygens (including phenoxy) is 2. The average molecular weight is 1980 g/mol. The van der Waals surface area contributed by atoms with Gasteiger partial charge in [-0.2, -0.15) is 5.46 Å². The molecule has 0 spiro atoms. The van der Waals surface area contributed by atoms with Crippen LogP contribution in [0.25, 0.3) is 30.4 Å². The highest BCUT2D eigenvalue weighted by atomic mass is 127. The fraction of sp³-hybridized carbons (Fsp3) is 0.0465. The lowest BCUT2D eigenvalue weighted by Gasteiger charge is -2.45.